The smallest absolute Gasteiger partial charge is 0.313 e. The van der Waals surface area contributed by atoms with Crippen LogP contribution in [0.15, 0.2) is 72.8 Å². The molecule has 0 aliphatic rings. The van der Waals surface area contributed by atoms with Gasteiger partial charge in [0.25, 0.3) is 5.91 Å². The average molecular weight is 435 g/mol. The lowest BCUT2D eigenvalue weighted by molar-refractivity contribution is -0.135. The van der Waals surface area contributed by atoms with E-state index in [1.807, 2.05) is 36.4 Å². The molecule has 3 rings (SSSR count). The number of carbonyl (C=O) groups excluding carboxylic acids is 2. The first-order chi connectivity index (χ1) is 15.0. The van der Waals surface area contributed by atoms with Crippen LogP contribution in [0.4, 0.5) is 0 Å². The van der Waals surface area contributed by atoms with Crippen LogP contribution in [0, 0.1) is 11.3 Å². The van der Waals surface area contributed by atoms with Crippen molar-refractivity contribution in [3.8, 4) is 17.6 Å². The molecule has 3 aromatic carbocycles. The minimum Gasteiger partial charge on any atom is -0.493 e. The molecule has 0 fully saturated rings. The summed E-state index contributed by atoms with van der Waals surface area (Å²) in [7, 11) is 1.42. The highest BCUT2D eigenvalue weighted by atomic mass is 35.5. The van der Waals surface area contributed by atoms with Gasteiger partial charge in [-0.3, -0.25) is 9.59 Å². The summed E-state index contributed by atoms with van der Waals surface area (Å²) in [6.45, 7) is 0. The normalized spacial score (nSPS) is 11.1. The maximum absolute atomic E-state index is 12.8. The molecule has 1 unspecified atom stereocenters. The number of halogens is 1. The zero-order chi connectivity index (χ0) is 22.2. The summed E-state index contributed by atoms with van der Waals surface area (Å²) in [5.74, 6) is -0.515. The fourth-order valence-electron chi connectivity index (χ4n) is 2.97. The molecule has 1 amide bonds. The van der Waals surface area contributed by atoms with Gasteiger partial charge in [0.1, 0.15) is 0 Å². The fraction of sp³-hybridized carbons (Fsp3) is 0.125. The first kappa shape index (κ1) is 21.9. The van der Waals surface area contributed by atoms with Crippen LogP contribution in [0.2, 0.25) is 5.02 Å². The highest BCUT2D eigenvalue weighted by molar-refractivity contribution is 6.33. The van der Waals surface area contributed by atoms with Gasteiger partial charge in [0, 0.05) is 6.07 Å². The molecule has 0 heterocycles. The molecule has 0 aliphatic carbocycles. The Morgan fingerprint density at radius 3 is 2.42 bits per heavy atom. The topological polar surface area (TPSA) is 88.4 Å². The van der Waals surface area contributed by atoms with E-state index in [-0.39, 0.29) is 17.9 Å². The molecule has 156 valence electrons. The van der Waals surface area contributed by atoms with Gasteiger partial charge in [-0.1, -0.05) is 54.1 Å². The number of nitrogens with zero attached hydrogens (tertiary/aromatic N) is 1. The fourth-order valence-corrected chi connectivity index (χ4v) is 3.19. The Kier molecular flexibility index (Phi) is 7.26. The molecule has 1 atom stereocenters. The van der Waals surface area contributed by atoms with E-state index in [9.17, 15) is 9.59 Å². The van der Waals surface area contributed by atoms with Gasteiger partial charge < -0.3 is 14.8 Å². The second-order valence-electron chi connectivity index (χ2n) is 6.57. The van der Waals surface area contributed by atoms with E-state index in [0.717, 1.165) is 5.56 Å². The lowest BCUT2D eigenvalue weighted by atomic mass is 10.0. The van der Waals surface area contributed by atoms with E-state index in [0.29, 0.717) is 16.1 Å². The van der Waals surface area contributed by atoms with Crippen molar-refractivity contribution in [2.45, 2.75) is 12.5 Å². The number of hydrogen-bond acceptors (Lipinski definition) is 5. The van der Waals surface area contributed by atoms with E-state index >= 15 is 0 Å². The summed E-state index contributed by atoms with van der Waals surface area (Å²) in [6.07, 6.45) is -0.122. The zero-order valence-electron chi connectivity index (χ0n) is 16.7. The van der Waals surface area contributed by atoms with Crippen molar-refractivity contribution in [2.24, 2.45) is 0 Å². The van der Waals surface area contributed by atoms with Crippen molar-refractivity contribution in [3.05, 3.63) is 94.5 Å². The summed E-state index contributed by atoms with van der Waals surface area (Å²) in [5.41, 5.74) is 1.43. The number of hydrogen-bond donors (Lipinski definition) is 1. The summed E-state index contributed by atoms with van der Waals surface area (Å²) in [6, 6.07) is 21.7. The van der Waals surface area contributed by atoms with Crippen LogP contribution in [0.25, 0.3) is 0 Å². The number of esters is 1. The van der Waals surface area contributed by atoms with Gasteiger partial charge in [-0.25, -0.2) is 0 Å². The van der Waals surface area contributed by atoms with Crippen LogP contribution in [0.3, 0.4) is 0 Å². The standard InChI is InChI=1S/C24H19ClN2O4/c1-30-22-13-16(15-26)11-12-21(22)31-23(28)14-20(17-7-3-2-4-8-17)27-24(29)18-9-5-6-10-19(18)25/h2-13,20H,14H2,1H3,(H,27,29). The Balaban J connectivity index is 1.79. The Hall–Kier alpha value is -3.82. The second kappa shape index (κ2) is 10.3. The number of benzene rings is 3. The van der Waals surface area contributed by atoms with E-state index in [4.69, 9.17) is 26.3 Å². The van der Waals surface area contributed by atoms with Gasteiger partial charge in [0.15, 0.2) is 11.5 Å². The van der Waals surface area contributed by atoms with Crippen LogP contribution in [0.5, 0.6) is 11.5 Å². The summed E-state index contributed by atoms with van der Waals surface area (Å²) in [4.78, 5) is 25.4. The molecular weight excluding hydrogens is 416 g/mol. The number of amides is 1. The number of nitrogens with one attached hydrogen (secondary N) is 1. The maximum atomic E-state index is 12.8. The van der Waals surface area contributed by atoms with Gasteiger partial charge in [0.2, 0.25) is 0 Å². The summed E-state index contributed by atoms with van der Waals surface area (Å²) >= 11 is 6.13. The van der Waals surface area contributed by atoms with Crippen molar-refractivity contribution in [2.75, 3.05) is 7.11 Å². The first-order valence-corrected chi connectivity index (χ1v) is 9.78. The SMILES string of the molecule is COc1cc(C#N)ccc1OC(=O)CC(NC(=O)c1ccccc1Cl)c1ccccc1. The molecule has 0 saturated carbocycles. The van der Waals surface area contributed by atoms with Crippen LogP contribution in [-0.4, -0.2) is 19.0 Å². The van der Waals surface area contributed by atoms with Crippen LogP contribution < -0.4 is 14.8 Å². The van der Waals surface area contributed by atoms with Crippen molar-refractivity contribution >= 4 is 23.5 Å². The number of carbonyl (C=O) groups is 2. The Bertz CT molecular complexity index is 1130. The number of nitriles is 1. The predicted molar refractivity (Wildman–Crippen MR) is 116 cm³/mol. The van der Waals surface area contributed by atoms with Crippen LogP contribution in [0.1, 0.15) is 33.9 Å². The molecule has 3 aromatic rings. The highest BCUT2D eigenvalue weighted by Crippen LogP contribution is 2.29. The van der Waals surface area contributed by atoms with Gasteiger partial charge in [-0.2, -0.15) is 5.26 Å². The molecule has 0 aliphatic heterocycles. The Morgan fingerprint density at radius 2 is 1.74 bits per heavy atom. The predicted octanol–water partition coefficient (Wildman–Crippen LogP) is 4.69. The number of methoxy groups -OCH3 is 1. The minimum absolute atomic E-state index is 0.122. The van der Waals surface area contributed by atoms with Crippen molar-refractivity contribution in [3.63, 3.8) is 0 Å². The molecule has 1 N–H and O–H groups in total. The Morgan fingerprint density at radius 1 is 1.03 bits per heavy atom. The van der Waals surface area contributed by atoms with Crippen molar-refractivity contribution in [1.29, 1.82) is 5.26 Å². The number of rotatable bonds is 7. The van der Waals surface area contributed by atoms with Gasteiger partial charge in [-0.15, -0.1) is 0 Å². The number of ether oxygens (including phenoxy) is 2. The molecule has 6 nitrogen and oxygen atoms in total. The van der Waals surface area contributed by atoms with Crippen LogP contribution >= 0.6 is 11.6 Å². The summed E-state index contributed by atoms with van der Waals surface area (Å²) in [5, 5.41) is 12.2. The molecular formula is C24H19ClN2O4. The third kappa shape index (κ3) is 5.62. The van der Waals surface area contributed by atoms with Gasteiger partial charge in [-0.05, 0) is 29.8 Å². The molecule has 0 bridgehead atoms. The zero-order valence-corrected chi connectivity index (χ0v) is 17.4. The van der Waals surface area contributed by atoms with Gasteiger partial charge in [0.05, 0.1) is 41.8 Å². The highest BCUT2D eigenvalue weighted by Gasteiger charge is 2.22. The second-order valence-corrected chi connectivity index (χ2v) is 6.98. The van der Waals surface area contributed by atoms with E-state index in [2.05, 4.69) is 5.32 Å². The lowest BCUT2D eigenvalue weighted by Gasteiger charge is -2.19. The monoisotopic (exact) mass is 434 g/mol. The molecule has 0 spiro atoms. The third-order valence-electron chi connectivity index (χ3n) is 4.51. The molecule has 7 heteroatoms. The molecule has 31 heavy (non-hydrogen) atoms. The average Bonchev–Trinajstić information content (AvgIpc) is 2.79. The molecule has 0 saturated heterocycles. The lowest BCUT2D eigenvalue weighted by Crippen LogP contribution is -2.31. The van der Waals surface area contributed by atoms with E-state index < -0.39 is 17.9 Å². The molecule has 0 radical (unpaired) electrons. The quantitative estimate of drug-likeness (QED) is 0.430. The van der Waals surface area contributed by atoms with Gasteiger partial charge >= 0.3 is 5.97 Å². The third-order valence-corrected chi connectivity index (χ3v) is 4.84. The minimum atomic E-state index is -0.637. The maximum Gasteiger partial charge on any atom is 0.313 e. The van der Waals surface area contributed by atoms with Crippen LogP contribution in [-0.2, 0) is 4.79 Å². The Labute approximate surface area is 185 Å². The van der Waals surface area contributed by atoms with E-state index in [1.54, 1.807) is 24.3 Å². The van der Waals surface area contributed by atoms with Crippen molar-refractivity contribution in [1.82, 2.24) is 5.32 Å². The first-order valence-electron chi connectivity index (χ1n) is 9.41. The largest absolute Gasteiger partial charge is 0.493 e. The van der Waals surface area contributed by atoms with E-state index in [1.165, 1.54) is 25.3 Å². The summed E-state index contributed by atoms with van der Waals surface area (Å²) < 4.78 is 10.6. The van der Waals surface area contributed by atoms with Crippen molar-refractivity contribution < 1.29 is 19.1 Å². The molecule has 0 aromatic heterocycles.